The number of anilines is 1. The molecule has 5 nitrogen and oxygen atoms in total. The minimum Gasteiger partial charge on any atom is -0.478 e. The molecule has 0 amide bonds. The van der Waals surface area contributed by atoms with Crippen LogP contribution in [-0.4, -0.2) is 28.3 Å². The monoisotopic (exact) mass is 209 g/mol. The molecule has 0 fully saturated rings. The zero-order valence-corrected chi connectivity index (χ0v) is 9.16. The van der Waals surface area contributed by atoms with Gasteiger partial charge in [-0.25, -0.2) is 4.79 Å². The number of carboxylic acids is 1. The largest absolute Gasteiger partial charge is 0.478 e. The van der Waals surface area contributed by atoms with Crippen LogP contribution in [0.1, 0.15) is 35.5 Å². The summed E-state index contributed by atoms with van der Waals surface area (Å²) in [5.41, 5.74) is 1.77. The van der Waals surface area contributed by atoms with Crippen molar-refractivity contribution in [3.63, 3.8) is 0 Å². The van der Waals surface area contributed by atoms with Crippen molar-refractivity contribution in [1.82, 2.24) is 10.2 Å². The minimum absolute atomic E-state index is 0.242. The van der Waals surface area contributed by atoms with E-state index < -0.39 is 5.97 Å². The molecule has 0 aliphatic carbocycles. The van der Waals surface area contributed by atoms with Gasteiger partial charge in [0.2, 0.25) is 0 Å². The molecule has 5 heteroatoms. The molecular formula is C10H15N3O2. The van der Waals surface area contributed by atoms with Gasteiger partial charge in [0.05, 0.1) is 5.69 Å². The summed E-state index contributed by atoms with van der Waals surface area (Å²) >= 11 is 0. The number of aromatic nitrogens is 2. The molecule has 1 aromatic rings. The Morgan fingerprint density at radius 1 is 1.33 bits per heavy atom. The average Bonchev–Trinajstić information content (AvgIpc) is 2.26. The lowest BCUT2D eigenvalue weighted by Crippen LogP contribution is -2.13. The van der Waals surface area contributed by atoms with Gasteiger partial charge in [-0.1, -0.05) is 13.8 Å². The molecular weight excluding hydrogens is 194 g/mol. The number of nitrogens with zero attached hydrogens (tertiary/aromatic N) is 2. The normalized spacial score (nSPS) is 10.1. The Morgan fingerprint density at radius 2 is 2.00 bits per heavy atom. The first kappa shape index (κ1) is 11.4. The van der Waals surface area contributed by atoms with Gasteiger partial charge < -0.3 is 10.4 Å². The molecule has 0 aliphatic heterocycles. The second-order valence-electron chi connectivity index (χ2n) is 3.11. The molecule has 0 saturated carbocycles. The van der Waals surface area contributed by atoms with E-state index in [9.17, 15) is 4.79 Å². The Morgan fingerprint density at radius 3 is 2.40 bits per heavy atom. The van der Waals surface area contributed by atoms with Gasteiger partial charge in [-0.15, -0.1) is 5.10 Å². The van der Waals surface area contributed by atoms with Crippen LogP contribution in [0, 0.1) is 0 Å². The summed E-state index contributed by atoms with van der Waals surface area (Å²) in [4.78, 5) is 11.1. The molecule has 0 saturated heterocycles. The first-order valence-corrected chi connectivity index (χ1v) is 4.95. The zero-order chi connectivity index (χ0) is 11.4. The van der Waals surface area contributed by atoms with Crippen LogP contribution in [0.15, 0.2) is 0 Å². The molecule has 2 N–H and O–H groups in total. The minimum atomic E-state index is -0.958. The lowest BCUT2D eigenvalue weighted by molar-refractivity contribution is 0.0696. The van der Waals surface area contributed by atoms with Crippen LogP contribution in [0.2, 0.25) is 0 Å². The number of aromatic carboxylic acids is 1. The van der Waals surface area contributed by atoms with E-state index >= 15 is 0 Å². The van der Waals surface area contributed by atoms with E-state index in [1.165, 1.54) is 0 Å². The van der Waals surface area contributed by atoms with Crippen molar-refractivity contribution in [2.24, 2.45) is 0 Å². The maximum absolute atomic E-state index is 11.1. The third kappa shape index (κ3) is 2.06. The Labute approximate surface area is 88.5 Å². The van der Waals surface area contributed by atoms with E-state index in [4.69, 9.17) is 5.11 Å². The molecule has 1 aromatic heterocycles. The number of aryl methyl sites for hydroxylation is 1. The number of carboxylic acid groups (broad SMARTS) is 1. The van der Waals surface area contributed by atoms with Gasteiger partial charge in [-0.05, 0) is 18.4 Å². The first-order valence-electron chi connectivity index (χ1n) is 4.95. The van der Waals surface area contributed by atoms with E-state index in [0.717, 1.165) is 11.3 Å². The van der Waals surface area contributed by atoms with Gasteiger partial charge in [-0.3, -0.25) is 0 Å². The smallest absolute Gasteiger partial charge is 0.339 e. The molecule has 0 aromatic carbocycles. The van der Waals surface area contributed by atoms with Crippen molar-refractivity contribution in [1.29, 1.82) is 0 Å². The van der Waals surface area contributed by atoms with Gasteiger partial charge in [0, 0.05) is 7.05 Å². The SMILES string of the molecule is CCc1nnc(NC)c(C(=O)O)c1CC. The molecule has 15 heavy (non-hydrogen) atoms. The van der Waals surface area contributed by atoms with Crippen molar-refractivity contribution in [2.45, 2.75) is 26.7 Å². The van der Waals surface area contributed by atoms with Crippen LogP contribution in [-0.2, 0) is 12.8 Å². The topological polar surface area (TPSA) is 75.1 Å². The zero-order valence-electron chi connectivity index (χ0n) is 9.16. The van der Waals surface area contributed by atoms with Crippen molar-refractivity contribution < 1.29 is 9.90 Å². The van der Waals surface area contributed by atoms with Crippen molar-refractivity contribution >= 4 is 11.8 Å². The summed E-state index contributed by atoms with van der Waals surface area (Å²) in [5, 5.41) is 19.7. The predicted molar refractivity (Wildman–Crippen MR) is 57.3 cm³/mol. The molecule has 0 spiro atoms. The molecule has 82 valence electrons. The maximum Gasteiger partial charge on any atom is 0.339 e. The number of rotatable bonds is 4. The fourth-order valence-electron chi connectivity index (χ4n) is 1.58. The van der Waals surface area contributed by atoms with Crippen molar-refractivity contribution in [3.8, 4) is 0 Å². The molecule has 0 atom stereocenters. The molecule has 0 radical (unpaired) electrons. The fourth-order valence-corrected chi connectivity index (χ4v) is 1.58. The molecule has 0 unspecified atom stereocenters. The summed E-state index contributed by atoms with van der Waals surface area (Å²) in [7, 11) is 1.64. The first-order chi connectivity index (χ1) is 7.15. The second kappa shape index (κ2) is 4.72. The highest BCUT2D eigenvalue weighted by Crippen LogP contribution is 2.20. The highest BCUT2D eigenvalue weighted by atomic mass is 16.4. The maximum atomic E-state index is 11.1. The molecule has 0 aliphatic rings. The molecule has 0 bridgehead atoms. The van der Waals surface area contributed by atoms with Gasteiger partial charge in [0.25, 0.3) is 0 Å². The van der Waals surface area contributed by atoms with E-state index in [2.05, 4.69) is 15.5 Å². The lowest BCUT2D eigenvalue weighted by Gasteiger charge is -2.11. The van der Waals surface area contributed by atoms with Gasteiger partial charge >= 0.3 is 5.97 Å². The van der Waals surface area contributed by atoms with Crippen molar-refractivity contribution in [3.05, 3.63) is 16.8 Å². The van der Waals surface area contributed by atoms with E-state index in [-0.39, 0.29) is 5.56 Å². The number of nitrogens with one attached hydrogen (secondary N) is 1. The van der Waals surface area contributed by atoms with Gasteiger partial charge in [0.1, 0.15) is 5.56 Å². The van der Waals surface area contributed by atoms with E-state index in [0.29, 0.717) is 18.7 Å². The third-order valence-corrected chi connectivity index (χ3v) is 2.30. The quantitative estimate of drug-likeness (QED) is 0.782. The number of hydrogen-bond acceptors (Lipinski definition) is 4. The summed E-state index contributed by atoms with van der Waals surface area (Å²) in [6, 6.07) is 0. The van der Waals surface area contributed by atoms with Crippen LogP contribution in [0.3, 0.4) is 0 Å². The Kier molecular flexibility index (Phi) is 3.60. The predicted octanol–water partition coefficient (Wildman–Crippen LogP) is 1.34. The number of hydrogen-bond donors (Lipinski definition) is 2. The Bertz CT molecular complexity index is 377. The summed E-state index contributed by atoms with van der Waals surface area (Å²) in [6.45, 7) is 3.86. The van der Waals surface area contributed by atoms with Crippen LogP contribution in [0.25, 0.3) is 0 Å². The third-order valence-electron chi connectivity index (χ3n) is 2.30. The summed E-state index contributed by atoms with van der Waals surface area (Å²) < 4.78 is 0. The highest BCUT2D eigenvalue weighted by Gasteiger charge is 2.19. The summed E-state index contributed by atoms with van der Waals surface area (Å²) in [6.07, 6.45) is 1.34. The Balaban J connectivity index is 3.44. The highest BCUT2D eigenvalue weighted by molar-refractivity contribution is 5.94. The summed E-state index contributed by atoms with van der Waals surface area (Å²) in [5.74, 6) is -0.627. The standard InChI is InChI=1S/C10H15N3O2/c1-4-6-7(5-2)12-13-9(11-3)8(6)10(14)15/h4-5H2,1-3H3,(H,11,13)(H,14,15). The fraction of sp³-hybridized carbons (Fsp3) is 0.500. The molecule has 1 rings (SSSR count). The Hall–Kier alpha value is -1.65. The van der Waals surface area contributed by atoms with Crippen LogP contribution < -0.4 is 5.32 Å². The van der Waals surface area contributed by atoms with Gasteiger partial charge in [0.15, 0.2) is 5.82 Å². The lowest BCUT2D eigenvalue weighted by atomic mass is 10.0. The van der Waals surface area contributed by atoms with Crippen LogP contribution >= 0.6 is 0 Å². The van der Waals surface area contributed by atoms with Crippen molar-refractivity contribution in [2.75, 3.05) is 12.4 Å². The number of carbonyl (C=O) groups is 1. The average molecular weight is 209 g/mol. The van der Waals surface area contributed by atoms with Gasteiger partial charge in [-0.2, -0.15) is 5.10 Å². The van der Waals surface area contributed by atoms with E-state index in [1.807, 2.05) is 13.8 Å². The van der Waals surface area contributed by atoms with Crippen LogP contribution in [0.4, 0.5) is 5.82 Å². The van der Waals surface area contributed by atoms with Crippen LogP contribution in [0.5, 0.6) is 0 Å². The van der Waals surface area contributed by atoms with E-state index in [1.54, 1.807) is 7.05 Å². The second-order valence-corrected chi connectivity index (χ2v) is 3.11. The molecule has 1 heterocycles.